The van der Waals surface area contributed by atoms with Gasteiger partial charge in [0.15, 0.2) is 0 Å². The van der Waals surface area contributed by atoms with Crippen molar-refractivity contribution in [3.05, 3.63) is 23.9 Å². The van der Waals surface area contributed by atoms with E-state index in [1.165, 1.54) is 0 Å². The van der Waals surface area contributed by atoms with E-state index in [1.54, 1.807) is 18.2 Å². The normalized spacial score (nSPS) is 20.8. The van der Waals surface area contributed by atoms with E-state index in [4.69, 9.17) is 5.84 Å². The van der Waals surface area contributed by atoms with Crippen molar-refractivity contribution in [1.29, 1.82) is 0 Å². The van der Waals surface area contributed by atoms with Crippen molar-refractivity contribution < 1.29 is 4.79 Å². The molecule has 1 aliphatic heterocycles. The molecular weight excluding hydrogens is 230 g/mol. The van der Waals surface area contributed by atoms with Crippen LogP contribution in [-0.4, -0.2) is 53.4 Å². The van der Waals surface area contributed by atoms with E-state index >= 15 is 0 Å². The van der Waals surface area contributed by atoms with Crippen LogP contribution in [0.5, 0.6) is 0 Å². The average Bonchev–Trinajstić information content (AvgIpc) is 2.41. The summed E-state index contributed by atoms with van der Waals surface area (Å²) < 4.78 is 0. The van der Waals surface area contributed by atoms with Crippen LogP contribution >= 0.6 is 0 Å². The summed E-state index contributed by atoms with van der Waals surface area (Å²) in [5.74, 6) is 5.76. The van der Waals surface area contributed by atoms with Gasteiger partial charge in [0.25, 0.3) is 5.91 Å². The third-order valence-corrected chi connectivity index (χ3v) is 3.36. The van der Waals surface area contributed by atoms with Crippen LogP contribution in [0.1, 0.15) is 17.4 Å². The van der Waals surface area contributed by atoms with Crippen molar-refractivity contribution in [2.24, 2.45) is 5.84 Å². The highest BCUT2D eigenvalue weighted by atomic mass is 16.2. The van der Waals surface area contributed by atoms with Crippen LogP contribution in [0.15, 0.2) is 18.2 Å². The van der Waals surface area contributed by atoms with Gasteiger partial charge in [0.2, 0.25) is 0 Å². The highest BCUT2D eigenvalue weighted by molar-refractivity contribution is 5.92. The molecule has 1 atom stereocenters. The number of likely N-dealkylation sites (N-methyl/N-ethyl adjacent to an activating group) is 1. The molecule has 1 aromatic heterocycles. The van der Waals surface area contributed by atoms with Crippen LogP contribution in [0.2, 0.25) is 0 Å². The summed E-state index contributed by atoms with van der Waals surface area (Å²) in [6, 6.07) is 5.59. The highest BCUT2D eigenvalue weighted by Gasteiger charge is 2.25. The van der Waals surface area contributed by atoms with Crippen molar-refractivity contribution in [3.8, 4) is 0 Å². The highest BCUT2D eigenvalue weighted by Crippen LogP contribution is 2.12. The fourth-order valence-electron chi connectivity index (χ4n) is 2.03. The molecule has 18 heavy (non-hydrogen) atoms. The fourth-order valence-corrected chi connectivity index (χ4v) is 2.03. The third-order valence-electron chi connectivity index (χ3n) is 3.36. The summed E-state index contributed by atoms with van der Waals surface area (Å²) in [6.45, 7) is 4.48. The van der Waals surface area contributed by atoms with Gasteiger partial charge in [-0.25, -0.2) is 10.8 Å². The molecule has 6 nitrogen and oxygen atoms in total. The minimum atomic E-state index is -0.0351. The molecule has 1 amide bonds. The Kier molecular flexibility index (Phi) is 3.78. The standard InChI is InChI=1S/C12H19N5O/c1-9-8-17(7-6-16(9)2)12(18)10-4-3-5-11(14-10)15-13/h3-5,9H,6-8,13H2,1-2H3,(H,14,15). The van der Waals surface area contributed by atoms with Gasteiger partial charge in [-0.2, -0.15) is 0 Å². The van der Waals surface area contributed by atoms with Crippen molar-refractivity contribution in [1.82, 2.24) is 14.8 Å². The first-order valence-corrected chi connectivity index (χ1v) is 6.05. The van der Waals surface area contributed by atoms with Crippen LogP contribution in [-0.2, 0) is 0 Å². The number of piperazine rings is 1. The Morgan fingerprint density at radius 2 is 2.28 bits per heavy atom. The number of hydrogen-bond donors (Lipinski definition) is 2. The molecule has 0 radical (unpaired) electrons. The van der Waals surface area contributed by atoms with E-state index < -0.39 is 0 Å². The predicted octanol–water partition coefficient (Wildman–Crippen LogP) is 0.143. The number of amides is 1. The summed E-state index contributed by atoms with van der Waals surface area (Å²) in [7, 11) is 2.07. The second-order valence-electron chi connectivity index (χ2n) is 4.63. The van der Waals surface area contributed by atoms with Crippen molar-refractivity contribution in [2.45, 2.75) is 13.0 Å². The predicted molar refractivity (Wildman–Crippen MR) is 70.0 cm³/mol. The summed E-state index contributed by atoms with van der Waals surface area (Å²) in [5, 5.41) is 0. The lowest BCUT2D eigenvalue weighted by molar-refractivity contribution is 0.0567. The van der Waals surface area contributed by atoms with E-state index in [2.05, 4.69) is 29.3 Å². The number of nitrogens with zero attached hydrogens (tertiary/aromatic N) is 3. The monoisotopic (exact) mass is 249 g/mol. The fraction of sp³-hybridized carbons (Fsp3) is 0.500. The maximum atomic E-state index is 12.3. The maximum Gasteiger partial charge on any atom is 0.272 e. The third kappa shape index (κ3) is 2.60. The number of carbonyl (C=O) groups is 1. The Morgan fingerprint density at radius 1 is 1.50 bits per heavy atom. The molecule has 98 valence electrons. The van der Waals surface area contributed by atoms with E-state index in [-0.39, 0.29) is 5.91 Å². The van der Waals surface area contributed by atoms with Gasteiger partial charge in [-0.3, -0.25) is 4.79 Å². The van der Waals surface area contributed by atoms with Gasteiger partial charge in [0.05, 0.1) is 0 Å². The number of carbonyl (C=O) groups excluding carboxylic acids is 1. The number of hydrogen-bond acceptors (Lipinski definition) is 5. The summed E-state index contributed by atoms with van der Waals surface area (Å²) in [5.41, 5.74) is 2.88. The van der Waals surface area contributed by atoms with Crippen LogP contribution in [0, 0.1) is 0 Å². The number of anilines is 1. The topological polar surface area (TPSA) is 74.5 Å². The molecule has 1 aliphatic rings. The van der Waals surface area contributed by atoms with Crippen LogP contribution in [0.25, 0.3) is 0 Å². The summed E-state index contributed by atoms with van der Waals surface area (Å²) in [4.78, 5) is 20.6. The first-order chi connectivity index (χ1) is 8.61. The number of aromatic nitrogens is 1. The van der Waals surface area contributed by atoms with E-state index in [1.807, 2.05) is 4.90 Å². The number of rotatable bonds is 2. The lowest BCUT2D eigenvalue weighted by atomic mass is 10.2. The molecule has 0 aliphatic carbocycles. The van der Waals surface area contributed by atoms with Crippen molar-refractivity contribution in [2.75, 3.05) is 32.1 Å². The zero-order valence-corrected chi connectivity index (χ0v) is 10.8. The lowest BCUT2D eigenvalue weighted by Gasteiger charge is -2.37. The minimum Gasteiger partial charge on any atom is -0.334 e. The van der Waals surface area contributed by atoms with Gasteiger partial charge < -0.3 is 15.2 Å². The summed E-state index contributed by atoms with van der Waals surface area (Å²) >= 11 is 0. The van der Waals surface area contributed by atoms with Gasteiger partial charge in [0, 0.05) is 25.7 Å². The molecule has 0 saturated carbocycles. The zero-order chi connectivity index (χ0) is 13.1. The smallest absolute Gasteiger partial charge is 0.272 e. The molecule has 0 aromatic carbocycles. The van der Waals surface area contributed by atoms with E-state index in [0.717, 1.165) is 19.6 Å². The quantitative estimate of drug-likeness (QED) is 0.576. The largest absolute Gasteiger partial charge is 0.334 e. The molecule has 2 heterocycles. The molecule has 1 aromatic rings. The molecule has 1 fully saturated rings. The van der Waals surface area contributed by atoms with Crippen molar-refractivity contribution >= 4 is 11.7 Å². The second-order valence-corrected chi connectivity index (χ2v) is 4.63. The average molecular weight is 249 g/mol. The van der Waals surface area contributed by atoms with Crippen LogP contribution in [0.3, 0.4) is 0 Å². The Morgan fingerprint density at radius 3 is 2.94 bits per heavy atom. The first-order valence-electron chi connectivity index (χ1n) is 6.05. The van der Waals surface area contributed by atoms with Gasteiger partial charge >= 0.3 is 0 Å². The zero-order valence-electron chi connectivity index (χ0n) is 10.8. The van der Waals surface area contributed by atoms with Gasteiger partial charge in [-0.15, -0.1) is 0 Å². The van der Waals surface area contributed by atoms with Crippen molar-refractivity contribution in [3.63, 3.8) is 0 Å². The minimum absolute atomic E-state index is 0.0351. The molecule has 2 rings (SSSR count). The SMILES string of the molecule is CC1CN(C(=O)c2cccc(NN)n2)CCN1C. The lowest BCUT2D eigenvalue weighted by Crippen LogP contribution is -2.52. The molecule has 0 spiro atoms. The molecule has 1 saturated heterocycles. The number of nitrogen functional groups attached to an aromatic ring is 1. The van der Waals surface area contributed by atoms with Gasteiger partial charge in [-0.1, -0.05) is 6.07 Å². The maximum absolute atomic E-state index is 12.3. The number of hydrazine groups is 1. The second kappa shape index (κ2) is 5.32. The van der Waals surface area contributed by atoms with Gasteiger partial charge in [-0.05, 0) is 26.1 Å². The van der Waals surface area contributed by atoms with E-state index in [0.29, 0.717) is 17.6 Å². The first kappa shape index (κ1) is 12.8. The Bertz CT molecular complexity index is 436. The van der Waals surface area contributed by atoms with Crippen LogP contribution < -0.4 is 11.3 Å². The number of nitrogens with two attached hydrogens (primary N) is 1. The molecule has 6 heteroatoms. The number of pyridine rings is 1. The van der Waals surface area contributed by atoms with Crippen LogP contribution in [0.4, 0.5) is 5.82 Å². The molecule has 3 N–H and O–H groups in total. The summed E-state index contributed by atoms with van der Waals surface area (Å²) in [6.07, 6.45) is 0. The van der Waals surface area contributed by atoms with Gasteiger partial charge in [0.1, 0.15) is 11.5 Å². The molecule has 0 bridgehead atoms. The Hall–Kier alpha value is -1.66. The Labute approximate surface area is 107 Å². The number of nitrogens with one attached hydrogen (secondary N) is 1. The molecular formula is C12H19N5O. The van der Waals surface area contributed by atoms with E-state index in [9.17, 15) is 4.79 Å². The molecule has 1 unspecified atom stereocenters. The Balaban J connectivity index is 2.11.